The number of nitrogens with zero attached hydrogens (tertiary/aromatic N) is 3. The van der Waals surface area contributed by atoms with Gasteiger partial charge in [0.15, 0.2) is 0 Å². The molecule has 0 amide bonds. The lowest BCUT2D eigenvalue weighted by Gasteiger charge is -2.07. The fourth-order valence-corrected chi connectivity index (χ4v) is 2.14. The molecule has 114 valence electrons. The lowest BCUT2D eigenvalue weighted by Crippen LogP contribution is -2.21. The number of aromatic nitrogens is 3. The van der Waals surface area contributed by atoms with Gasteiger partial charge in [0.1, 0.15) is 5.69 Å². The number of hydrogen-bond donors (Lipinski definition) is 4. The Morgan fingerprint density at radius 1 is 1.33 bits per heavy atom. The van der Waals surface area contributed by atoms with Crippen molar-refractivity contribution in [2.45, 2.75) is 13.1 Å². The third-order valence-corrected chi connectivity index (χ3v) is 3.03. The molecular weight excluding hydrogens is 296 g/mol. The maximum Gasteiger partial charge on any atom is 0.296 e. The number of aliphatic hydroxyl groups excluding tert-OH is 1. The molecule has 1 aromatic heterocycles. The molecule has 21 heavy (non-hydrogen) atoms. The van der Waals surface area contributed by atoms with E-state index in [2.05, 4.69) is 20.4 Å². The summed E-state index contributed by atoms with van der Waals surface area (Å²) >= 11 is 0. The minimum atomic E-state index is -3.79. The molecule has 2 aromatic rings. The van der Waals surface area contributed by atoms with E-state index in [1.54, 1.807) is 30.5 Å². The molecule has 0 saturated heterocycles. The number of anilines is 2. The van der Waals surface area contributed by atoms with E-state index in [4.69, 9.17) is 10.2 Å². The van der Waals surface area contributed by atoms with Crippen molar-refractivity contribution in [3.63, 3.8) is 0 Å². The fourth-order valence-electron chi connectivity index (χ4n) is 1.68. The van der Waals surface area contributed by atoms with Crippen LogP contribution in [0.15, 0.2) is 30.5 Å². The van der Waals surface area contributed by atoms with E-state index in [9.17, 15) is 8.42 Å². The van der Waals surface area contributed by atoms with E-state index in [-0.39, 0.29) is 6.61 Å². The minimum absolute atomic E-state index is 0.00247. The zero-order valence-electron chi connectivity index (χ0n) is 11.1. The minimum Gasteiger partial charge on any atom is -0.394 e. The number of aliphatic hydroxyl groups is 1. The maximum absolute atomic E-state index is 11.0. The fraction of sp³-hybridized carbons (Fsp3) is 0.273. The Hall–Kier alpha value is -2.17. The third-order valence-electron chi connectivity index (χ3n) is 2.51. The van der Waals surface area contributed by atoms with Crippen molar-refractivity contribution in [2.75, 3.05) is 16.6 Å². The van der Waals surface area contributed by atoms with Crippen LogP contribution in [0.2, 0.25) is 0 Å². The molecule has 5 N–H and O–H groups in total. The van der Waals surface area contributed by atoms with Crippen LogP contribution in [-0.4, -0.2) is 35.1 Å². The van der Waals surface area contributed by atoms with Crippen molar-refractivity contribution in [3.8, 4) is 0 Å². The van der Waals surface area contributed by atoms with Crippen molar-refractivity contribution in [1.82, 2.24) is 15.0 Å². The van der Waals surface area contributed by atoms with Crippen LogP contribution in [0, 0.1) is 0 Å². The number of rotatable bonds is 7. The molecule has 0 atom stereocenters. The van der Waals surface area contributed by atoms with Gasteiger partial charge in [-0.2, -0.15) is 8.42 Å². The summed E-state index contributed by atoms with van der Waals surface area (Å²) in [5, 5.41) is 24.6. The number of nitrogens with two attached hydrogens (primary N) is 1. The second-order valence-corrected chi connectivity index (χ2v) is 5.57. The summed E-state index contributed by atoms with van der Waals surface area (Å²) in [5.41, 5.74) is 1.78. The van der Waals surface area contributed by atoms with Crippen LogP contribution in [0.25, 0.3) is 0 Å². The normalized spacial score (nSPS) is 11.3. The Bertz CT molecular complexity index is 699. The average molecular weight is 312 g/mol. The van der Waals surface area contributed by atoms with E-state index >= 15 is 0 Å². The van der Waals surface area contributed by atoms with Crippen LogP contribution >= 0.6 is 0 Å². The van der Waals surface area contributed by atoms with Crippen LogP contribution < -0.4 is 15.2 Å². The smallest absolute Gasteiger partial charge is 0.296 e. The first-order chi connectivity index (χ1) is 9.96. The summed E-state index contributed by atoms with van der Waals surface area (Å²) in [6.07, 6.45) is 1.72. The Morgan fingerprint density at radius 2 is 2.10 bits per heavy atom. The SMILES string of the molecule is NS(=O)(=O)Nc1cccc(NCc2cn(CCO)nn2)c1. The maximum atomic E-state index is 11.0. The van der Waals surface area contributed by atoms with Crippen LogP contribution in [0.3, 0.4) is 0 Å². The van der Waals surface area contributed by atoms with Crippen LogP contribution in [0.1, 0.15) is 5.69 Å². The summed E-state index contributed by atoms with van der Waals surface area (Å²) in [7, 11) is -3.79. The molecule has 0 radical (unpaired) electrons. The molecule has 10 heteroatoms. The van der Waals surface area contributed by atoms with Gasteiger partial charge in [-0.05, 0) is 18.2 Å². The molecule has 0 saturated carbocycles. The van der Waals surface area contributed by atoms with Crippen molar-refractivity contribution < 1.29 is 13.5 Å². The number of hydrogen-bond acceptors (Lipinski definition) is 6. The molecule has 1 aromatic carbocycles. The highest BCUT2D eigenvalue weighted by molar-refractivity contribution is 7.90. The molecular formula is C11H16N6O3S. The van der Waals surface area contributed by atoms with Crippen molar-refractivity contribution in [2.24, 2.45) is 5.14 Å². The predicted octanol–water partition coefficient (Wildman–Crippen LogP) is -0.502. The zero-order chi connectivity index (χ0) is 15.3. The van der Waals surface area contributed by atoms with Gasteiger partial charge in [-0.15, -0.1) is 5.10 Å². The molecule has 0 aliphatic rings. The van der Waals surface area contributed by atoms with Gasteiger partial charge in [0, 0.05) is 5.69 Å². The summed E-state index contributed by atoms with van der Waals surface area (Å²) in [6.45, 7) is 0.808. The summed E-state index contributed by atoms with van der Waals surface area (Å²) in [4.78, 5) is 0. The second kappa shape index (κ2) is 6.52. The Balaban J connectivity index is 1.97. The Kier molecular flexibility index (Phi) is 4.73. The monoisotopic (exact) mass is 312 g/mol. The first kappa shape index (κ1) is 15.2. The zero-order valence-corrected chi connectivity index (χ0v) is 11.9. The molecule has 0 unspecified atom stereocenters. The molecule has 0 spiro atoms. The second-order valence-electron chi connectivity index (χ2n) is 4.28. The van der Waals surface area contributed by atoms with Crippen LogP contribution in [0.5, 0.6) is 0 Å². The molecule has 0 fully saturated rings. The third kappa shape index (κ3) is 5.02. The standard InChI is InChI=1S/C11H16N6O3S/c12-21(19,20)15-10-3-1-2-9(6-10)13-7-11-8-17(4-5-18)16-14-11/h1-3,6,8,13,15,18H,4-5,7H2,(H2,12,19,20). The van der Waals surface area contributed by atoms with E-state index in [0.717, 1.165) is 0 Å². The lowest BCUT2D eigenvalue weighted by atomic mass is 10.3. The molecule has 0 aliphatic heterocycles. The predicted molar refractivity (Wildman–Crippen MR) is 77.6 cm³/mol. The first-order valence-corrected chi connectivity index (χ1v) is 7.65. The number of nitrogens with one attached hydrogen (secondary N) is 2. The van der Waals surface area contributed by atoms with Crippen molar-refractivity contribution >= 4 is 21.6 Å². The molecule has 2 rings (SSSR count). The van der Waals surface area contributed by atoms with Crippen molar-refractivity contribution in [1.29, 1.82) is 0 Å². The lowest BCUT2D eigenvalue weighted by molar-refractivity contribution is 0.268. The Morgan fingerprint density at radius 3 is 2.81 bits per heavy atom. The number of benzene rings is 1. The quantitative estimate of drug-likeness (QED) is 0.544. The summed E-state index contributed by atoms with van der Waals surface area (Å²) in [5.74, 6) is 0. The van der Waals surface area contributed by atoms with E-state index in [1.807, 2.05) is 0 Å². The van der Waals surface area contributed by atoms with Gasteiger partial charge < -0.3 is 10.4 Å². The highest BCUT2D eigenvalue weighted by Gasteiger charge is 2.04. The van der Waals surface area contributed by atoms with Crippen LogP contribution in [0.4, 0.5) is 11.4 Å². The van der Waals surface area contributed by atoms with Gasteiger partial charge in [-0.25, -0.2) is 9.82 Å². The average Bonchev–Trinajstić information content (AvgIpc) is 2.83. The van der Waals surface area contributed by atoms with Gasteiger partial charge in [0.25, 0.3) is 10.2 Å². The highest BCUT2D eigenvalue weighted by atomic mass is 32.2. The van der Waals surface area contributed by atoms with Gasteiger partial charge in [-0.3, -0.25) is 4.72 Å². The van der Waals surface area contributed by atoms with Crippen molar-refractivity contribution in [3.05, 3.63) is 36.2 Å². The Labute approximate surface area is 122 Å². The van der Waals surface area contributed by atoms with E-state index in [0.29, 0.717) is 30.2 Å². The van der Waals surface area contributed by atoms with Gasteiger partial charge in [0.05, 0.1) is 31.6 Å². The van der Waals surface area contributed by atoms with E-state index < -0.39 is 10.2 Å². The molecule has 1 heterocycles. The highest BCUT2D eigenvalue weighted by Crippen LogP contribution is 2.16. The molecule has 0 bridgehead atoms. The van der Waals surface area contributed by atoms with Gasteiger partial charge in [-0.1, -0.05) is 11.3 Å². The van der Waals surface area contributed by atoms with Gasteiger partial charge in [0.2, 0.25) is 0 Å². The van der Waals surface area contributed by atoms with Crippen LogP contribution in [-0.2, 0) is 23.3 Å². The first-order valence-electron chi connectivity index (χ1n) is 6.10. The summed E-state index contributed by atoms with van der Waals surface area (Å²) < 4.78 is 25.6. The largest absolute Gasteiger partial charge is 0.394 e. The summed E-state index contributed by atoms with van der Waals surface area (Å²) in [6, 6.07) is 6.68. The van der Waals surface area contributed by atoms with Gasteiger partial charge >= 0.3 is 0 Å². The van der Waals surface area contributed by atoms with E-state index in [1.165, 1.54) is 4.68 Å². The molecule has 0 aliphatic carbocycles. The molecule has 9 nitrogen and oxygen atoms in total. The topological polar surface area (TPSA) is 135 Å².